The molecule has 2 aromatic carbocycles. The standard InChI is InChI=1S/C15H12ClF2NO/c1-8-5-9(16)6-12-15(8)20-13(7-19-12)10-3-2-4-11(17)14(10)18/h2-6,13,19H,7H2,1H3. The molecule has 1 heterocycles. The third kappa shape index (κ3) is 2.20. The van der Waals surface area contributed by atoms with Crippen molar-refractivity contribution in [2.24, 2.45) is 0 Å². The molecule has 0 fully saturated rings. The van der Waals surface area contributed by atoms with Gasteiger partial charge in [0.25, 0.3) is 0 Å². The fraction of sp³-hybridized carbons (Fsp3) is 0.200. The van der Waals surface area contributed by atoms with E-state index in [4.69, 9.17) is 16.3 Å². The van der Waals surface area contributed by atoms with E-state index in [0.29, 0.717) is 17.3 Å². The predicted molar refractivity (Wildman–Crippen MR) is 74.4 cm³/mol. The van der Waals surface area contributed by atoms with E-state index in [1.54, 1.807) is 12.1 Å². The molecule has 0 saturated heterocycles. The summed E-state index contributed by atoms with van der Waals surface area (Å²) in [6.45, 7) is 2.21. The molecule has 5 heteroatoms. The highest BCUT2D eigenvalue weighted by atomic mass is 35.5. The van der Waals surface area contributed by atoms with Crippen LogP contribution in [-0.4, -0.2) is 6.54 Å². The number of anilines is 1. The van der Waals surface area contributed by atoms with Gasteiger partial charge in [0.2, 0.25) is 0 Å². The minimum atomic E-state index is -0.871. The molecule has 0 amide bonds. The summed E-state index contributed by atoms with van der Waals surface area (Å²) >= 11 is 5.98. The Morgan fingerprint density at radius 1 is 1.30 bits per heavy atom. The number of benzene rings is 2. The third-order valence-corrected chi connectivity index (χ3v) is 3.52. The topological polar surface area (TPSA) is 21.3 Å². The second-order valence-electron chi connectivity index (χ2n) is 4.73. The lowest BCUT2D eigenvalue weighted by atomic mass is 10.1. The summed E-state index contributed by atoms with van der Waals surface area (Å²) in [4.78, 5) is 0. The Morgan fingerprint density at radius 3 is 2.90 bits per heavy atom. The van der Waals surface area contributed by atoms with Gasteiger partial charge < -0.3 is 10.1 Å². The van der Waals surface area contributed by atoms with Gasteiger partial charge in [-0.15, -0.1) is 0 Å². The zero-order valence-corrected chi connectivity index (χ0v) is 11.5. The quantitative estimate of drug-likeness (QED) is 0.838. The van der Waals surface area contributed by atoms with Crippen LogP contribution in [0.3, 0.4) is 0 Å². The Kier molecular flexibility index (Phi) is 3.26. The lowest BCUT2D eigenvalue weighted by molar-refractivity contribution is 0.202. The minimum Gasteiger partial charge on any atom is -0.481 e. The van der Waals surface area contributed by atoms with Gasteiger partial charge in [0.05, 0.1) is 12.2 Å². The van der Waals surface area contributed by atoms with Crippen molar-refractivity contribution in [3.8, 4) is 5.75 Å². The molecule has 0 aromatic heterocycles. The highest BCUT2D eigenvalue weighted by molar-refractivity contribution is 6.31. The van der Waals surface area contributed by atoms with E-state index < -0.39 is 17.7 Å². The van der Waals surface area contributed by atoms with Crippen molar-refractivity contribution in [3.05, 3.63) is 58.1 Å². The van der Waals surface area contributed by atoms with E-state index in [2.05, 4.69) is 5.32 Å². The number of rotatable bonds is 1. The average molecular weight is 296 g/mol. The molecule has 1 aliphatic heterocycles. The fourth-order valence-electron chi connectivity index (χ4n) is 2.35. The van der Waals surface area contributed by atoms with Crippen LogP contribution in [-0.2, 0) is 0 Å². The van der Waals surface area contributed by atoms with Crippen LogP contribution < -0.4 is 10.1 Å². The first-order valence-electron chi connectivity index (χ1n) is 6.21. The lowest BCUT2D eigenvalue weighted by Gasteiger charge is -2.29. The summed E-state index contributed by atoms with van der Waals surface area (Å²) in [5.74, 6) is -1.12. The second-order valence-corrected chi connectivity index (χ2v) is 5.17. The minimum absolute atomic E-state index is 0.206. The maximum Gasteiger partial charge on any atom is 0.165 e. The molecule has 0 spiro atoms. The van der Waals surface area contributed by atoms with Gasteiger partial charge in [0.1, 0.15) is 11.9 Å². The Labute approximate surface area is 120 Å². The normalized spacial score (nSPS) is 17.1. The highest BCUT2D eigenvalue weighted by Crippen LogP contribution is 2.39. The predicted octanol–water partition coefficient (Wildman–Crippen LogP) is 4.47. The van der Waals surface area contributed by atoms with E-state index in [0.717, 1.165) is 17.3 Å². The van der Waals surface area contributed by atoms with Crippen molar-refractivity contribution in [1.82, 2.24) is 0 Å². The van der Waals surface area contributed by atoms with E-state index >= 15 is 0 Å². The Bertz CT molecular complexity index is 675. The van der Waals surface area contributed by atoms with Crippen molar-refractivity contribution in [2.45, 2.75) is 13.0 Å². The maximum atomic E-state index is 13.8. The molecule has 104 valence electrons. The molecule has 0 aliphatic carbocycles. The van der Waals surface area contributed by atoms with E-state index in [1.165, 1.54) is 12.1 Å². The van der Waals surface area contributed by atoms with E-state index in [1.807, 2.05) is 6.92 Å². The molecule has 1 atom stereocenters. The number of hydrogen-bond acceptors (Lipinski definition) is 2. The second kappa shape index (κ2) is 4.94. The number of hydrogen-bond donors (Lipinski definition) is 1. The van der Waals surface area contributed by atoms with Gasteiger partial charge in [-0.3, -0.25) is 0 Å². The van der Waals surface area contributed by atoms with Crippen LogP contribution in [0.1, 0.15) is 17.2 Å². The average Bonchev–Trinajstić information content (AvgIpc) is 2.41. The van der Waals surface area contributed by atoms with Gasteiger partial charge in [-0.05, 0) is 30.7 Å². The van der Waals surface area contributed by atoms with Crippen molar-refractivity contribution >= 4 is 17.3 Å². The van der Waals surface area contributed by atoms with Crippen molar-refractivity contribution in [2.75, 3.05) is 11.9 Å². The monoisotopic (exact) mass is 295 g/mol. The Hall–Kier alpha value is -1.81. The van der Waals surface area contributed by atoms with Gasteiger partial charge >= 0.3 is 0 Å². The van der Waals surface area contributed by atoms with Gasteiger partial charge in [-0.1, -0.05) is 23.7 Å². The van der Waals surface area contributed by atoms with Gasteiger partial charge in [0.15, 0.2) is 11.6 Å². The fourth-order valence-corrected chi connectivity index (χ4v) is 2.62. The van der Waals surface area contributed by atoms with E-state index in [-0.39, 0.29) is 5.56 Å². The molecule has 3 rings (SSSR count). The summed E-state index contributed by atoms with van der Waals surface area (Å²) in [7, 11) is 0. The first-order chi connectivity index (χ1) is 9.56. The van der Waals surface area contributed by atoms with Crippen LogP contribution in [0.15, 0.2) is 30.3 Å². The van der Waals surface area contributed by atoms with Crippen molar-refractivity contribution in [1.29, 1.82) is 0 Å². The molecule has 1 N–H and O–H groups in total. The summed E-state index contributed by atoms with van der Waals surface area (Å²) in [5.41, 5.74) is 1.82. The smallest absolute Gasteiger partial charge is 0.165 e. The maximum absolute atomic E-state index is 13.8. The van der Waals surface area contributed by atoms with Gasteiger partial charge in [0, 0.05) is 10.6 Å². The van der Waals surface area contributed by atoms with Gasteiger partial charge in [-0.2, -0.15) is 0 Å². The molecule has 1 unspecified atom stereocenters. The van der Waals surface area contributed by atoms with Crippen LogP contribution >= 0.6 is 11.6 Å². The van der Waals surface area contributed by atoms with Crippen LogP contribution in [0.25, 0.3) is 0 Å². The number of nitrogens with one attached hydrogen (secondary N) is 1. The first kappa shape index (κ1) is 13.2. The van der Waals surface area contributed by atoms with E-state index in [9.17, 15) is 8.78 Å². The molecule has 1 aliphatic rings. The molecular weight excluding hydrogens is 284 g/mol. The number of halogens is 3. The summed E-state index contributed by atoms with van der Waals surface area (Å²) in [6, 6.07) is 7.62. The number of ether oxygens (including phenoxy) is 1. The summed E-state index contributed by atoms with van der Waals surface area (Å²) < 4.78 is 32.9. The molecule has 2 aromatic rings. The SMILES string of the molecule is Cc1cc(Cl)cc2c1OC(c1cccc(F)c1F)CN2. The molecule has 20 heavy (non-hydrogen) atoms. The van der Waals surface area contributed by atoms with Crippen LogP contribution in [0.5, 0.6) is 5.75 Å². The van der Waals surface area contributed by atoms with Gasteiger partial charge in [-0.25, -0.2) is 8.78 Å². The first-order valence-corrected chi connectivity index (χ1v) is 6.58. The highest BCUT2D eigenvalue weighted by Gasteiger charge is 2.26. The Morgan fingerprint density at radius 2 is 2.10 bits per heavy atom. The summed E-state index contributed by atoms with van der Waals surface area (Å²) in [6.07, 6.45) is -0.571. The largest absolute Gasteiger partial charge is 0.481 e. The molecule has 0 bridgehead atoms. The zero-order chi connectivity index (χ0) is 14.3. The molecule has 0 saturated carbocycles. The van der Waals surface area contributed by atoms with Crippen molar-refractivity contribution in [3.63, 3.8) is 0 Å². The lowest BCUT2D eigenvalue weighted by Crippen LogP contribution is -2.25. The molecule has 0 radical (unpaired) electrons. The third-order valence-electron chi connectivity index (χ3n) is 3.31. The van der Waals surface area contributed by atoms with Crippen LogP contribution in [0, 0.1) is 18.6 Å². The summed E-state index contributed by atoms with van der Waals surface area (Å²) in [5, 5.41) is 3.75. The molecule has 2 nitrogen and oxygen atoms in total. The molecular formula is C15H12ClF2NO. The van der Waals surface area contributed by atoms with Crippen LogP contribution in [0.4, 0.5) is 14.5 Å². The zero-order valence-electron chi connectivity index (χ0n) is 10.7. The van der Waals surface area contributed by atoms with Crippen molar-refractivity contribution < 1.29 is 13.5 Å². The number of fused-ring (bicyclic) bond motifs is 1. The Balaban J connectivity index is 1.98. The number of aryl methyl sites for hydroxylation is 1. The van der Waals surface area contributed by atoms with Crippen LogP contribution in [0.2, 0.25) is 5.02 Å².